The van der Waals surface area contributed by atoms with Crippen LogP contribution in [0, 0.1) is 11.3 Å². The molecule has 0 aromatic heterocycles. The Balaban J connectivity index is 1.52. The van der Waals surface area contributed by atoms with Crippen LogP contribution in [0.1, 0.15) is 25.0 Å². The first-order valence-electron chi connectivity index (χ1n) is 10.2. The molecular weight excluding hydrogens is 380 g/mol. The van der Waals surface area contributed by atoms with Crippen LogP contribution in [-0.2, 0) is 11.3 Å². The number of nitriles is 1. The molecule has 2 N–H and O–H groups in total. The molecule has 1 aliphatic rings. The van der Waals surface area contributed by atoms with Gasteiger partial charge in [-0.2, -0.15) is 5.26 Å². The quantitative estimate of drug-likeness (QED) is 0.734. The van der Waals surface area contributed by atoms with E-state index < -0.39 is 0 Å². The molecule has 0 saturated carbocycles. The van der Waals surface area contributed by atoms with E-state index in [9.17, 15) is 4.79 Å². The Hall–Kier alpha value is -3.08. The van der Waals surface area contributed by atoms with E-state index in [1.54, 1.807) is 18.2 Å². The van der Waals surface area contributed by atoms with Crippen LogP contribution in [0.25, 0.3) is 0 Å². The van der Waals surface area contributed by atoms with Crippen LogP contribution < -0.4 is 15.4 Å². The van der Waals surface area contributed by atoms with E-state index in [1.807, 2.05) is 32.0 Å². The van der Waals surface area contributed by atoms with Gasteiger partial charge in [0.2, 0.25) is 0 Å². The van der Waals surface area contributed by atoms with Crippen molar-refractivity contribution in [1.29, 1.82) is 5.26 Å². The predicted octanol–water partition coefficient (Wildman–Crippen LogP) is 3.37. The number of hydrogen-bond acceptors (Lipinski definition) is 5. The molecule has 30 heavy (non-hydrogen) atoms. The molecule has 7 heteroatoms. The highest BCUT2D eigenvalue weighted by Crippen LogP contribution is 2.26. The van der Waals surface area contributed by atoms with Gasteiger partial charge in [0, 0.05) is 26.2 Å². The molecule has 1 unspecified atom stereocenters. The summed E-state index contributed by atoms with van der Waals surface area (Å²) in [5.74, 6) is 0.530. The van der Waals surface area contributed by atoms with Crippen LogP contribution in [0.5, 0.6) is 5.75 Å². The lowest BCUT2D eigenvalue weighted by Crippen LogP contribution is -2.47. The van der Waals surface area contributed by atoms with Crippen molar-refractivity contribution < 1.29 is 14.3 Å². The van der Waals surface area contributed by atoms with Crippen molar-refractivity contribution in [2.24, 2.45) is 0 Å². The average Bonchev–Trinajstić information content (AvgIpc) is 2.74. The fraction of sp³-hybridized carbons (Fsp3) is 0.391. The number of carbonyl (C=O) groups excluding carboxylic acids is 1. The van der Waals surface area contributed by atoms with Crippen molar-refractivity contribution in [3.63, 3.8) is 0 Å². The average molecular weight is 409 g/mol. The Labute approximate surface area is 177 Å². The molecule has 2 aromatic rings. The third kappa shape index (κ3) is 6.48. The van der Waals surface area contributed by atoms with Crippen molar-refractivity contribution in [3.05, 3.63) is 59.7 Å². The minimum atomic E-state index is -0.359. The number of anilines is 1. The maximum atomic E-state index is 12.4. The molecule has 0 bridgehead atoms. The lowest BCUT2D eigenvalue weighted by molar-refractivity contribution is -0.0285. The van der Waals surface area contributed by atoms with Gasteiger partial charge in [-0.25, -0.2) is 4.79 Å². The van der Waals surface area contributed by atoms with Gasteiger partial charge >= 0.3 is 6.03 Å². The number of nitrogens with one attached hydrogen (secondary N) is 2. The Morgan fingerprint density at radius 1 is 1.30 bits per heavy atom. The Morgan fingerprint density at radius 3 is 2.83 bits per heavy atom. The van der Waals surface area contributed by atoms with Gasteiger partial charge in [0.05, 0.1) is 36.1 Å². The summed E-state index contributed by atoms with van der Waals surface area (Å²) < 4.78 is 11.5. The molecule has 0 aliphatic carbocycles. The van der Waals surface area contributed by atoms with Crippen LogP contribution in [-0.4, -0.2) is 49.4 Å². The van der Waals surface area contributed by atoms with E-state index in [4.69, 9.17) is 14.7 Å². The minimum absolute atomic E-state index is 0.0483. The zero-order valence-electron chi connectivity index (χ0n) is 17.4. The predicted molar refractivity (Wildman–Crippen MR) is 115 cm³/mol. The van der Waals surface area contributed by atoms with Crippen LogP contribution >= 0.6 is 0 Å². The number of carbonyl (C=O) groups is 1. The summed E-state index contributed by atoms with van der Waals surface area (Å²) in [7, 11) is 0. The maximum Gasteiger partial charge on any atom is 0.319 e. The third-order valence-corrected chi connectivity index (χ3v) is 4.68. The van der Waals surface area contributed by atoms with Gasteiger partial charge in [-0.05, 0) is 37.6 Å². The Morgan fingerprint density at radius 2 is 2.10 bits per heavy atom. The molecule has 1 saturated heterocycles. The second-order valence-electron chi connectivity index (χ2n) is 7.54. The van der Waals surface area contributed by atoms with Crippen LogP contribution in [0.4, 0.5) is 10.5 Å². The number of benzene rings is 2. The fourth-order valence-corrected chi connectivity index (χ4v) is 3.32. The summed E-state index contributed by atoms with van der Waals surface area (Å²) in [5, 5.41) is 14.8. The second-order valence-corrected chi connectivity index (χ2v) is 7.54. The van der Waals surface area contributed by atoms with Crippen molar-refractivity contribution in [2.45, 2.75) is 32.6 Å². The minimum Gasteiger partial charge on any atom is -0.489 e. The zero-order valence-corrected chi connectivity index (χ0v) is 17.4. The highest BCUT2D eigenvalue weighted by Gasteiger charge is 2.21. The van der Waals surface area contributed by atoms with E-state index in [0.29, 0.717) is 30.2 Å². The van der Waals surface area contributed by atoms with Crippen molar-refractivity contribution in [1.82, 2.24) is 10.2 Å². The normalized spacial score (nSPS) is 16.7. The van der Waals surface area contributed by atoms with Crippen molar-refractivity contribution >= 4 is 11.7 Å². The van der Waals surface area contributed by atoms with Gasteiger partial charge in [0.1, 0.15) is 5.75 Å². The molecule has 1 fully saturated rings. The first-order chi connectivity index (χ1) is 14.5. The molecule has 2 amide bonds. The van der Waals surface area contributed by atoms with Gasteiger partial charge in [0.25, 0.3) is 0 Å². The molecular formula is C23H28N4O3. The van der Waals surface area contributed by atoms with E-state index in [0.717, 1.165) is 19.6 Å². The van der Waals surface area contributed by atoms with Gasteiger partial charge in [-0.3, -0.25) is 4.90 Å². The van der Waals surface area contributed by atoms with Crippen molar-refractivity contribution in [3.8, 4) is 11.8 Å². The van der Waals surface area contributed by atoms with Crippen molar-refractivity contribution in [2.75, 3.05) is 31.6 Å². The van der Waals surface area contributed by atoms with Crippen LogP contribution in [0.15, 0.2) is 48.5 Å². The van der Waals surface area contributed by atoms with Crippen LogP contribution in [0.2, 0.25) is 0 Å². The number of morpholine rings is 1. The molecule has 158 valence electrons. The standard InChI is InChI=1S/C23H28N4O3/c1-17(2)30-22-9-8-19(13-24)12-21(22)26-23(28)25-14-20-16-27(10-11-29-20)15-18-6-4-3-5-7-18/h3-9,12,17,20H,10-11,14-16H2,1-2H3,(H2,25,26,28). The first kappa shape index (κ1) is 21.6. The number of amides is 2. The molecule has 0 spiro atoms. The molecule has 1 aliphatic heterocycles. The number of urea groups is 1. The zero-order chi connectivity index (χ0) is 21.3. The number of hydrogen-bond donors (Lipinski definition) is 2. The summed E-state index contributed by atoms with van der Waals surface area (Å²) in [6.07, 6.45) is -0.127. The SMILES string of the molecule is CC(C)Oc1ccc(C#N)cc1NC(=O)NCC1CN(Cc2ccccc2)CCO1. The molecule has 0 radical (unpaired) electrons. The summed E-state index contributed by atoms with van der Waals surface area (Å²) >= 11 is 0. The Kier molecular flexibility index (Phi) is 7.66. The molecule has 2 aromatic carbocycles. The fourth-order valence-electron chi connectivity index (χ4n) is 3.32. The van der Waals surface area contributed by atoms with E-state index >= 15 is 0 Å². The van der Waals surface area contributed by atoms with Gasteiger partial charge in [0.15, 0.2) is 0 Å². The van der Waals surface area contributed by atoms with E-state index in [1.165, 1.54) is 5.56 Å². The lowest BCUT2D eigenvalue weighted by Gasteiger charge is -2.33. The third-order valence-electron chi connectivity index (χ3n) is 4.68. The molecule has 1 heterocycles. The second kappa shape index (κ2) is 10.6. The molecule has 1 atom stereocenters. The largest absolute Gasteiger partial charge is 0.489 e. The number of rotatable bonds is 7. The molecule has 3 rings (SSSR count). The monoisotopic (exact) mass is 408 g/mol. The smallest absolute Gasteiger partial charge is 0.319 e. The van der Waals surface area contributed by atoms with Gasteiger partial charge in [-0.15, -0.1) is 0 Å². The van der Waals surface area contributed by atoms with Gasteiger partial charge < -0.3 is 20.1 Å². The van der Waals surface area contributed by atoms with Crippen LogP contribution in [0.3, 0.4) is 0 Å². The summed E-state index contributed by atoms with van der Waals surface area (Å²) in [6.45, 7) is 7.33. The lowest BCUT2D eigenvalue weighted by atomic mass is 10.2. The highest BCUT2D eigenvalue weighted by molar-refractivity contribution is 5.91. The summed E-state index contributed by atoms with van der Waals surface area (Å²) in [6, 6.07) is 17.0. The number of nitrogens with zero attached hydrogens (tertiary/aromatic N) is 2. The molecule has 7 nitrogen and oxygen atoms in total. The Bertz CT molecular complexity index is 880. The van der Waals surface area contributed by atoms with E-state index in [-0.39, 0.29) is 18.2 Å². The summed E-state index contributed by atoms with van der Waals surface area (Å²) in [4.78, 5) is 14.8. The number of ether oxygens (including phenoxy) is 2. The highest BCUT2D eigenvalue weighted by atomic mass is 16.5. The van der Waals surface area contributed by atoms with Gasteiger partial charge in [-0.1, -0.05) is 30.3 Å². The maximum absolute atomic E-state index is 12.4. The first-order valence-corrected chi connectivity index (χ1v) is 10.2. The summed E-state index contributed by atoms with van der Waals surface area (Å²) in [5.41, 5.74) is 2.18. The topological polar surface area (TPSA) is 86.6 Å². The van der Waals surface area contributed by atoms with E-state index in [2.05, 4.69) is 33.7 Å².